The van der Waals surface area contributed by atoms with E-state index in [1.165, 1.54) is 44.5 Å². The van der Waals surface area contributed by atoms with Crippen molar-refractivity contribution in [2.24, 2.45) is 0 Å². The molecule has 4 aromatic carbocycles. The van der Waals surface area contributed by atoms with E-state index in [4.69, 9.17) is 0 Å². The SMILES string of the molecule is [CH]1c2ccccc2-c2ccc(-c3ccccc3)c(-c3ccccc3)c21. The molecule has 0 aliphatic heterocycles. The monoisotopic (exact) mass is 317 g/mol. The van der Waals surface area contributed by atoms with E-state index >= 15 is 0 Å². The Morgan fingerprint density at radius 3 is 1.76 bits per heavy atom. The molecule has 0 spiro atoms. The molecule has 1 aliphatic carbocycles. The molecule has 5 rings (SSSR count). The maximum Gasteiger partial charge on any atom is 0.0218 e. The van der Waals surface area contributed by atoms with Crippen molar-refractivity contribution in [1.29, 1.82) is 0 Å². The van der Waals surface area contributed by atoms with Crippen LogP contribution in [0.3, 0.4) is 0 Å². The minimum atomic E-state index is 1.26. The van der Waals surface area contributed by atoms with Gasteiger partial charge in [-0.15, -0.1) is 0 Å². The van der Waals surface area contributed by atoms with Crippen LogP contribution in [0.2, 0.25) is 0 Å². The highest BCUT2D eigenvalue weighted by Crippen LogP contribution is 2.46. The number of hydrogen-bond donors (Lipinski definition) is 0. The van der Waals surface area contributed by atoms with Crippen molar-refractivity contribution < 1.29 is 0 Å². The second-order valence-electron chi connectivity index (χ2n) is 6.41. The smallest absolute Gasteiger partial charge is 0.0218 e. The molecule has 4 aromatic rings. The Hall–Kier alpha value is -3.12. The highest BCUT2D eigenvalue weighted by Gasteiger charge is 2.24. The lowest BCUT2D eigenvalue weighted by Gasteiger charge is -2.15. The Balaban J connectivity index is 1.82. The van der Waals surface area contributed by atoms with Gasteiger partial charge in [-0.25, -0.2) is 0 Å². The Kier molecular flexibility index (Phi) is 3.28. The summed E-state index contributed by atoms with van der Waals surface area (Å²) in [6, 6.07) is 34.6. The van der Waals surface area contributed by atoms with Crippen molar-refractivity contribution in [3.63, 3.8) is 0 Å². The van der Waals surface area contributed by atoms with E-state index in [-0.39, 0.29) is 0 Å². The molecule has 0 aromatic heterocycles. The lowest BCUT2D eigenvalue weighted by molar-refractivity contribution is 1.51. The first-order chi connectivity index (χ1) is 12.4. The first-order valence-electron chi connectivity index (χ1n) is 8.64. The quantitative estimate of drug-likeness (QED) is 0.344. The first-order valence-corrected chi connectivity index (χ1v) is 8.64. The van der Waals surface area contributed by atoms with E-state index < -0.39 is 0 Å². The van der Waals surface area contributed by atoms with E-state index in [2.05, 4.69) is 103 Å². The average Bonchev–Trinajstić information content (AvgIpc) is 3.07. The summed E-state index contributed by atoms with van der Waals surface area (Å²) in [6.45, 7) is 0. The van der Waals surface area contributed by atoms with E-state index in [1.807, 2.05) is 0 Å². The zero-order valence-corrected chi connectivity index (χ0v) is 13.8. The Morgan fingerprint density at radius 1 is 0.400 bits per heavy atom. The second kappa shape index (κ2) is 5.75. The van der Waals surface area contributed by atoms with Crippen molar-refractivity contribution in [1.82, 2.24) is 0 Å². The molecule has 0 bridgehead atoms. The number of rotatable bonds is 2. The van der Waals surface area contributed by atoms with Crippen LogP contribution in [-0.2, 0) is 0 Å². The summed E-state index contributed by atoms with van der Waals surface area (Å²) < 4.78 is 0. The van der Waals surface area contributed by atoms with Crippen molar-refractivity contribution in [3.05, 3.63) is 115 Å². The molecule has 0 saturated carbocycles. The summed E-state index contributed by atoms with van der Waals surface area (Å²) in [7, 11) is 0. The summed E-state index contributed by atoms with van der Waals surface area (Å²) >= 11 is 0. The van der Waals surface area contributed by atoms with Crippen LogP contribution in [0.4, 0.5) is 0 Å². The fourth-order valence-electron chi connectivity index (χ4n) is 3.80. The highest BCUT2D eigenvalue weighted by atomic mass is 14.3. The molecular formula is C25H17. The standard InChI is InChI=1S/C25H17/c1-3-9-18(10-4-1)22-15-16-23-21-14-8-7-13-20(21)17-24(23)25(22)19-11-5-2-6-12-19/h1-17H. The van der Waals surface area contributed by atoms with Gasteiger partial charge < -0.3 is 0 Å². The van der Waals surface area contributed by atoms with Crippen LogP contribution in [0.15, 0.2) is 97.1 Å². The second-order valence-corrected chi connectivity index (χ2v) is 6.41. The van der Waals surface area contributed by atoms with Crippen molar-refractivity contribution in [2.45, 2.75) is 0 Å². The fraction of sp³-hybridized carbons (Fsp3) is 0. The maximum absolute atomic E-state index is 2.33. The van der Waals surface area contributed by atoms with Gasteiger partial charge >= 0.3 is 0 Å². The lowest BCUT2D eigenvalue weighted by atomic mass is 9.88. The van der Waals surface area contributed by atoms with Gasteiger partial charge in [0, 0.05) is 6.42 Å². The molecule has 1 aliphatic rings. The minimum absolute atomic E-state index is 1.26. The van der Waals surface area contributed by atoms with Crippen molar-refractivity contribution >= 4 is 0 Å². The zero-order chi connectivity index (χ0) is 16.6. The van der Waals surface area contributed by atoms with Gasteiger partial charge in [0.05, 0.1) is 0 Å². The summed E-state index contributed by atoms with van der Waals surface area (Å²) in [4.78, 5) is 0. The van der Waals surface area contributed by atoms with Crippen LogP contribution in [0.5, 0.6) is 0 Å². The predicted molar refractivity (Wildman–Crippen MR) is 105 cm³/mol. The van der Waals surface area contributed by atoms with Gasteiger partial charge in [0.15, 0.2) is 0 Å². The molecule has 0 heteroatoms. The highest BCUT2D eigenvalue weighted by molar-refractivity contribution is 5.95. The number of fused-ring (bicyclic) bond motifs is 3. The molecule has 0 atom stereocenters. The van der Waals surface area contributed by atoms with Gasteiger partial charge in [-0.3, -0.25) is 0 Å². The van der Waals surface area contributed by atoms with Crippen LogP contribution < -0.4 is 0 Å². The molecule has 0 saturated heterocycles. The normalized spacial score (nSPS) is 11.8. The van der Waals surface area contributed by atoms with Gasteiger partial charge in [0.1, 0.15) is 0 Å². The van der Waals surface area contributed by atoms with Gasteiger partial charge in [0.2, 0.25) is 0 Å². The Bertz CT molecular complexity index is 1040. The molecule has 0 nitrogen and oxygen atoms in total. The predicted octanol–water partition coefficient (Wildman–Crippen LogP) is 6.60. The van der Waals surface area contributed by atoms with E-state index in [0.717, 1.165) is 0 Å². The summed E-state index contributed by atoms with van der Waals surface area (Å²) in [6.07, 6.45) is 2.33. The molecular weight excluding hydrogens is 300 g/mol. The topological polar surface area (TPSA) is 0 Å². The molecule has 0 heterocycles. The number of benzene rings is 4. The number of hydrogen-bond acceptors (Lipinski definition) is 0. The maximum atomic E-state index is 2.33. The molecule has 25 heavy (non-hydrogen) atoms. The van der Waals surface area contributed by atoms with Gasteiger partial charge in [0.25, 0.3) is 0 Å². The molecule has 0 unspecified atom stereocenters. The van der Waals surface area contributed by atoms with Crippen LogP contribution >= 0.6 is 0 Å². The average molecular weight is 317 g/mol. The van der Waals surface area contributed by atoms with Crippen molar-refractivity contribution in [3.8, 4) is 33.4 Å². The zero-order valence-electron chi connectivity index (χ0n) is 13.8. The molecule has 117 valence electrons. The van der Waals surface area contributed by atoms with Gasteiger partial charge in [-0.2, -0.15) is 0 Å². The third kappa shape index (κ3) is 2.30. The van der Waals surface area contributed by atoms with E-state index in [0.29, 0.717) is 0 Å². The third-order valence-corrected chi connectivity index (χ3v) is 4.94. The third-order valence-electron chi connectivity index (χ3n) is 4.94. The van der Waals surface area contributed by atoms with Crippen LogP contribution in [0, 0.1) is 6.42 Å². The summed E-state index contributed by atoms with van der Waals surface area (Å²) in [5.41, 5.74) is 10.4. The van der Waals surface area contributed by atoms with Gasteiger partial charge in [-0.1, -0.05) is 97.1 Å². The summed E-state index contributed by atoms with van der Waals surface area (Å²) in [5, 5.41) is 0. The molecule has 1 radical (unpaired) electrons. The minimum Gasteiger partial charge on any atom is -0.0622 e. The summed E-state index contributed by atoms with van der Waals surface area (Å²) in [5.74, 6) is 0. The molecule has 0 fully saturated rings. The largest absolute Gasteiger partial charge is 0.0622 e. The molecule has 0 N–H and O–H groups in total. The van der Waals surface area contributed by atoms with Crippen LogP contribution in [0.1, 0.15) is 11.1 Å². The van der Waals surface area contributed by atoms with Crippen LogP contribution in [-0.4, -0.2) is 0 Å². The lowest BCUT2D eigenvalue weighted by Crippen LogP contribution is -1.91. The van der Waals surface area contributed by atoms with Crippen molar-refractivity contribution in [2.75, 3.05) is 0 Å². The van der Waals surface area contributed by atoms with E-state index in [9.17, 15) is 0 Å². The molecule has 0 amide bonds. The first kappa shape index (κ1) is 14.2. The Morgan fingerprint density at radius 2 is 1.00 bits per heavy atom. The fourth-order valence-corrected chi connectivity index (χ4v) is 3.80. The van der Waals surface area contributed by atoms with Crippen LogP contribution in [0.25, 0.3) is 33.4 Å². The Labute approximate surface area is 148 Å². The van der Waals surface area contributed by atoms with E-state index in [1.54, 1.807) is 0 Å². The van der Waals surface area contributed by atoms with Gasteiger partial charge in [-0.05, 0) is 44.5 Å².